The molecule has 1 amide bonds. The number of amides is 1. The van der Waals surface area contributed by atoms with Gasteiger partial charge in [0.2, 0.25) is 4.96 Å². The lowest BCUT2D eigenvalue weighted by molar-refractivity contribution is 0.0947. The summed E-state index contributed by atoms with van der Waals surface area (Å²) in [4.78, 5) is 12.8. The molecule has 1 N–H and O–H groups in total. The molecule has 6 nitrogen and oxygen atoms in total. The van der Waals surface area contributed by atoms with Crippen LogP contribution in [0.1, 0.15) is 28.7 Å². The maximum absolute atomic E-state index is 13.6. The van der Waals surface area contributed by atoms with Gasteiger partial charge in [-0.2, -0.15) is 9.61 Å². The van der Waals surface area contributed by atoms with Gasteiger partial charge in [0, 0.05) is 18.5 Å². The van der Waals surface area contributed by atoms with Gasteiger partial charge >= 0.3 is 0 Å². The average molecular weight is 381 g/mol. The molecular weight excluding hydrogens is 365 g/mol. The van der Waals surface area contributed by atoms with E-state index >= 15 is 0 Å². The van der Waals surface area contributed by atoms with Gasteiger partial charge in [-0.3, -0.25) is 4.79 Å². The van der Waals surface area contributed by atoms with E-state index in [1.165, 1.54) is 23.5 Å². The number of fused-ring (bicyclic) bond motifs is 1. The van der Waals surface area contributed by atoms with Crippen molar-refractivity contribution in [2.45, 2.75) is 19.9 Å². The fraction of sp³-hybridized carbons (Fsp3) is 0.158. The van der Waals surface area contributed by atoms with E-state index in [1.54, 1.807) is 16.6 Å². The van der Waals surface area contributed by atoms with Crippen LogP contribution in [0.4, 0.5) is 4.39 Å². The van der Waals surface area contributed by atoms with E-state index in [1.807, 2.05) is 31.2 Å². The average Bonchev–Trinajstić information content (AvgIpc) is 3.27. The molecular formula is C19H16FN5OS. The predicted molar refractivity (Wildman–Crippen MR) is 101 cm³/mol. The standard InChI is InChI=1S/C19H16FN5OS/c1-2-16-22-23-19-25(16)24-18(27-19)13-9-7-12(8-10-13)11-21-17(26)14-5-3-4-6-15(14)20/h3-10H,2,11H2,1H3,(H,21,26). The number of hydrogen-bond donors (Lipinski definition) is 1. The van der Waals surface area contributed by atoms with E-state index in [0.29, 0.717) is 6.54 Å². The Kier molecular flexibility index (Phi) is 4.64. The van der Waals surface area contributed by atoms with Crippen LogP contribution in [-0.4, -0.2) is 25.7 Å². The van der Waals surface area contributed by atoms with Crippen molar-refractivity contribution in [3.05, 3.63) is 71.3 Å². The van der Waals surface area contributed by atoms with Gasteiger partial charge in [-0.05, 0) is 17.7 Å². The summed E-state index contributed by atoms with van der Waals surface area (Å²) in [6, 6.07) is 13.7. The van der Waals surface area contributed by atoms with Gasteiger partial charge in [0.25, 0.3) is 5.91 Å². The Bertz CT molecular complexity index is 1100. The van der Waals surface area contributed by atoms with Crippen LogP contribution in [0.3, 0.4) is 0 Å². The normalized spacial score (nSPS) is 11.0. The molecule has 0 atom stereocenters. The molecule has 0 radical (unpaired) electrons. The van der Waals surface area contributed by atoms with Crippen LogP contribution in [0.2, 0.25) is 0 Å². The summed E-state index contributed by atoms with van der Waals surface area (Å²) < 4.78 is 15.4. The first-order chi connectivity index (χ1) is 13.2. The lowest BCUT2D eigenvalue weighted by atomic mass is 10.1. The van der Waals surface area contributed by atoms with Gasteiger partial charge in [0.15, 0.2) is 5.82 Å². The maximum atomic E-state index is 13.6. The van der Waals surface area contributed by atoms with Gasteiger partial charge in [0.1, 0.15) is 10.8 Å². The molecule has 2 aromatic heterocycles. The minimum Gasteiger partial charge on any atom is -0.348 e. The molecule has 0 unspecified atom stereocenters. The minimum absolute atomic E-state index is 0.0422. The molecule has 0 bridgehead atoms. The zero-order valence-electron chi connectivity index (χ0n) is 14.5. The summed E-state index contributed by atoms with van der Waals surface area (Å²) in [5.41, 5.74) is 1.93. The van der Waals surface area contributed by atoms with Gasteiger partial charge in [-0.15, -0.1) is 10.2 Å². The number of aryl methyl sites for hydroxylation is 1. The lowest BCUT2D eigenvalue weighted by Gasteiger charge is -2.06. The van der Waals surface area contributed by atoms with Crippen molar-refractivity contribution in [3.8, 4) is 10.6 Å². The first-order valence-corrected chi connectivity index (χ1v) is 9.30. The topological polar surface area (TPSA) is 72.2 Å². The second-order valence-electron chi connectivity index (χ2n) is 5.93. The predicted octanol–water partition coefficient (Wildman–Crippen LogP) is 3.48. The summed E-state index contributed by atoms with van der Waals surface area (Å²) in [6.07, 6.45) is 0.769. The van der Waals surface area contributed by atoms with Crippen LogP contribution in [0.5, 0.6) is 0 Å². The molecule has 0 saturated carbocycles. The highest BCUT2D eigenvalue weighted by atomic mass is 32.1. The summed E-state index contributed by atoms with van der Waals surface area (Å²) >= 11 is 1.48. The maximum Gasteiger partial charge on any atom is 0.254 e. The Morgan fingerprint density at radius 3 is 2.67 bits per heavy atom. The molecule has 0 saturated heterocycles. The van der Waals surface area contributed by atoms with E-state index in [0.717, 1.165) is 33.3 Å². The lowest BCUT2D eigenvalue weighted by Crippen LogP contribution is -2.23. The smallest absolute Gasteiger partial charge is 0.254 e. The van der Waals surface area contributed by atoms with E-state index in [2.05, 4.69) is 20.6 Å². The number of carbonyl (C=O) groups is 1. The Balaban J connectivity index is 1.46. The zero-order valence-corrected chi connectivity index (χ0v) is 15.3. The molecule has 4 aromatic rings. The summed E-state index contributed by atoms with van der Waals surface area (Å²) in [7, 11) is 0. The summed E-state index contributed by atoms with van der Waals surface area (Å²) in [5.74, 6) is -0.127. The van der Waals surface area contributed by atoms with Crippen LogP contribution >= 0.6 is 11.3 Å². The number of hydrogen-bond acceptors (Lipinski definition) is 5. The Labute approximate surface area is 158 Å². The van der Waals surface area contributed by atoms with E-state index < -0.39 is 11.7 Å². The van der Waals surface area contributed by atoms with Gasteiger partial charge < -0.3 is 5.32 Å². The summed E-state index contributed by atoms with van der Waals surface area (Å²) in [6.45, 7) is 2.33. The van der Waals surface area contributed by atoms with Gasteiger partial charge in [-0.1, -0.05) is 54.7 Å². The van der Waals surface area contributed by atoms with Crippen molar-refractivity contribution >= 4 is 22.2 Å². The van der Waals surface area contributed by atoms with Crippen LogP contribution < -0.4 is 5.32 Å². The molecule has 27 heavy (non-hydrogen) atoms. The molecule has 0 spiro atoms. The second kappa shape index (κ2) is 7.24. The summed E-state index contributed by atoms with van der Waals surface area (Å²) in [5, 5.41) is 16.4. The first-order valence-electron chi connectivity index (χ1n) is 8.49. The SMILES string of the molecule is CCc1nnc2sc(-c3ccc(CNC(=O)c4ccccc4F)cc3)nn12. The highest BCUT2D eigenvalue weighted by Crippen LogP contribution is 2.25. The van der Waals surface area contributed by atoms with Crippen LogP contribution in [0, 0.1) is 5.82 Å². The molecule has 8 heteroatoms. The molecule has 136 valence electrons. The van der Waals surface area contributed by atoms with Crippen molar-refractivity contribution in [2.75, 3.05) is 0 Å². The van der Waals surface area contributed by atoms with E-state index in [9.17, 15) is 9.18 Å². The second-order valence-corrected chi connectivity index (χ2v) is 6.89. The number of halogens is 1. The van der Waals surface area contributed by atoms with E-state index in [-0.39, 0.29) is 5.56 Å². The molecule has 0 fully saturated rings. The van der Waals surface area contributed by atoms with Crippen LogP contribution in [0.15, 0.2) is 48.5 Å². The minimum atomic E-state index is -0.528. The number of nitrogens with zero attached hydrogens (tertiary/aromatic N) is 4. The van der Waals surface area contributed by atoms with Gasteiger partial charge in [0.05, 0.1) is 5.56 Å². The Hall–Kier alpha value is -3.13. The third-order valence-corrected chi connectivity index (χ3v) is 5.09. The molecule has 2 heterocycles. The zero-order chi connectivity index (χ0) is 18.8. The molecule has 0 aliphatic heterocycles. The van der Waals surface area contributed by atoms with E-state index in [4.69, 9.17) is 0 Å². The quantitative estimate of drug-likeness (QED) is 0.574. The monoisotopic (exact) mass is 381 g/mol. The van der Waals surface area contributed by atoms with Gasteiger partial charge in [-0.25, -0.2) is 4.39 Å². The Morgan fingerprint density at radius 2 is 1.93 bits per heavy atom. The molecule has 0 aliphatic carbocycles. The van der Waals surface area contributed by atoms with Crippen molar-refractivity contribution in [3.63, 3.8) is 0 Å². The van der Waals surface area contributed by atoms with Crippen molar-refractivity contribution in [1.82, 2.24) is 25.1 Å². The largest absolute Gasteiger partial charge is 0.348 e. The molecule has 4 rings (SSSR count). The number of benzene rings is 2. The fourth-order valence-electron chi connectivity index (χ4n) is 2.68. The molecule has 0 aliphatic rings. The fourth-order valence-corrected chi connectivity index (χ4v) is 3.55. The first kappa shape index (κ1) is 17.3. The number of rotatable bonds is 5. The van der Waals surface area contributed by atoms with Crippen molar-refractivity contribution in [1.29, 1.82) is 0 Å². The number of aromatic nitrogens is 4. The van der Waals surface area contributed by atoms with Crippen molar-refractivity contribution in [2.24, 2.45) is 0 Å². The number of nitrogens with one attached hydrogen (secondary N) is 1. The molecule has 2 aromatic carbocycles. The van der Waals surface area contributed by atoms with Crippen LogP contribution in [-0.2, 0) is 13.0 Å². The third kappa shape index (κ3) is 3.43. The number of carbonyl (C=O) groups excluding carboxylic acids is 1. The highest BCUT2D eigenvalue weighted by molar-refractivity contribution is 7.19. The Morgan fingerprint density at radius 1 is 1.15 bits per heavy atom. The highest BCUT2D eigenvalue weighted by Gasteiger charge is 2.12. The third-order valence-electron chi connectivity index (χ3n) is 4.14. The van der Waals surface area contributed by atoms with Crippen molar-refractivity contribution < 1.29 is 9.18 Å². The van der Waals surface area contributed by atoms with Crippen LogP contribution in [0.25, 0.3) is 15.5 Å².